The summed E-state index contributed by atoms with van der Waals surface area (Å²) in [5.41, 5.74) is -0.0914. The summed E-state index contributed by atoms with van der Waals surface area (Å²) in [5, 5.41) is 6.84. The second kappa shape index (κ2) is 6.28. The summed E-state index contributed by atoms with van der Waals surface area (Å²) >= 11 is 0. The number of fused-ring (bicyclic) bond motifs is 2. The smallest absolute Gasteiger partial charge is 0.226 e. The number of amides is 1. The van der Waals surface area contributed by atoms with Gasteiger partial charge < -0.3 is 10.6 Å². The van der Waals surface area contributed by atoms with Crippen molar-refractivity contribution in [2.45, 2.75) is 71.3 Å². The van der Waals surface area contributed by atoms with Crippen molar-refractivity contribution in [3.05, 3.63) is 0 Å². The standard InChI is InChI=1S/C18H32N2O/c1-3-6-18(7-9-19-10-8-18)17(21)20-13(2)16-12-14-4-5-15(16)11-14/h13-16,19H,3-12H2,1-2H3,(H,20,21). The summed E-state index contributed by atoms with van der Waals surface area (Å²) in [6, 6.07) is 0.372. The van der Waals surface area contributed by atoms with E-state index in [2.05, 4.69) is 24.5 Å². The Hall–Kier alpha value is -0.570. The molecule has 0 radical (unpaired) electrons. The summed E-state index contributed by atoms with van der Waals surface area (Å²) in [6.45, 7) is 6.45. The first-order valence-electron chi connectivity index (χ1n) is 9.16. The van der Waals surface area contributed by atoms with Crippen LogP contribution in [-0.2, 0) is 4.79 Å². The summed E-state index contributed by atoms with van der Waals surface area (Å²) in [6.07, 6.45) is 9.79. The number of hydrogen-bond acceptors (Lipinski definition) is 2. The molecule has 3 aliphatic rings. The molecule has 2 bridgehead atoms. The second-order valence-electron chi connectivity index (χ2n) is 7.88. The van der Waals surface area contributed by atoms with Crippen molar-refractivity contribution in [3.8, 4) is 0 Å². The number of nitrogens with one attached hydrogen (secondary N) is 2. The molecule has 0 aromatic heterocycles. The lowest BCUT2D eigenvalue weighted by Gasteiger charge is -2.38. The first kappa shape index (κ1) is 15.3. The average Bonchev–Trinajstić information content (AvgIpc) is 3.11. The third kappa shape index (κ3) is 2.99. The van der Waals surface area contributed by atoms with Crippen LogP contribution in [0, 0.1) is 23.2 Å². The van der Waals surface area contributed by atoms with Gasteiger partial charge in [-0.25, -0.2) is 0 Å². The summed E-state index contributed by atoms with van der Waals surface area (Å²) in [5.74, 6) is 2.94. The van der Waals surface area contributed by atoms with Crippen LogP contribution in [-0.4, -0.2) is 25.0 Å². The highest BCUT2D eigenvalue weighted by atomic mass is 16.2. The van der Waals surface area contributed by atoms with Gasteiger partial charge in [-0.3, -0.25) is 4.79 Å². The number of carbonyl (C=O) groups is 1. The average molecular weight is 292 g/mol. The topological polar surface area (TPSA) is 41.1 Å². The molecule has 3 fully saturated rings. The van der Waals surface area contributed by atoms with Crippen molar-refractivity contribution in [3.63, 3.8) is 0 Å². The zero-order valence-corrected chi connectivity index (χ0v) is 13.8. The third-order valence-corrected chi connectivity index (χ3v) is 6.56. The van der Waals surface area contributed by atoms with Gasteiger partial charge in [-0.05, 0) is 76.3 Å². The number of carbonyl (C=O) groups excluding carboxylic acids is 1. The lowest BCUT2D eigenvalue weighted by atomic mass is 9.74. The van der Waals surface area contributed by atoms with E-state index in [-0.39, 0.29) is 5.41 Å². The van der Waals surface area contributed by atoms with Gasteiger partial charge in [-0.15, -0.1) is 0 Å². The molecule has 120 valence electrons. The Labute approximate surface area is 129 Å². The quantitative estimate of drug-likeness (QED) is 0.817. The highest BCUT2D eigenvalue weighted by Crippen LogP contribution is 2.49. The summed E-state index contributed by atoms with van der Waals surface area (Å²) in [7, 11) is 0. The summed E-state index contributed by atoms with van der Waals surface area (Å²) < 4.78 is 0. The van der Waals surface area contributed by atoms with Crippen LogP contribution in [0.15, 0.2) is 0 Å². The molecular formula is C18H32N2O. The van der Waals surface area contributed by atoms with Gasteiger partial charge in [0.2, 0.25) is 5.91 Å². The first-order chi connectivity index (χ1) is 10.1. The van der Waals surface area contributed by atoms with E-state index in [1.807, 2.05) is 0 Å². The molecule has 0 aromatic carbocycles. The fourth-order valence-electron chi connectivity index (χ4n) is 5.35. The lowest BCUT2D eigenvalue weighted by Crippen LogP contribution is -2.51. The van der Waals surface area contributed by atoms with E-state index >= 15 is 0 Å². The Bertz CT molecular complexity index is 370. The van der Waals surface area contributed by atoms with Crippen LogP contribution in [0.2, 0.25) is 0 Å². The predicted octanol–water partition coefficient (Wildman–Crippen LogP) is 3.10. The van der Waals surface area contributed by atoms with E-state index in [4.69, 9.17) is 0 Å². The van der Waals surface area contributed by atoms with E-state index in [1.165, 1.54) is 25.7 Å². The van der Waals surface area contributed by atoms with Crippen molar-refractivity contribution in [2.24, 2.45) is 23.2 Å². The number of piperidine rings is 1. The monoisotopic (exact) mass is 292 g/mol. The molecule has 3 rings (SSSR count). The third-order valence-electron chi connectivity index (χ3n) is 6.56. The Kier molecular flexibility index (Phi) is 4.58. The molecule has 4 unspecified atom stereocenters. The van der Waals surface area contributed by atoms with Crippen LogP contribution >= 0.6 is 0 Å². The first-order valence-corrected chi connectivity index (χ1v) is 9.16. The molecule has 2 saturated carbocycles. The molecule has 1 heterocycles. The minimum Gasteiger partial charge on any atom is -0.353 e. The predicted molar refractivity (Wildman–Crippen MR) is 86.0 cm³/mol. The molecule has 4 atom stereocenters. The number of rotatable bonds is 5. The van der Waals surface area contributed by atoms with Crippen molar-refractivity contribution >= 4 is 5.91 Å². The van der Waals surface area contributed by atoms with Gasteiger partial charge in [0.05, 0.1) is 5.41 Å². The van der Waals surface area contributed by atoms with Gasteiger partial charge >= 0.3 is 0 Å². The van der Waals surface area contributed by atoms with Crippen molar-refractivity contribution < 1.29 is 4.79 Å². The van der Waals surface area contributed by atoms with E-state index in [0.29, 0.717) is 11.9 Å². The van der Waals surface area contributed by atoms with Crippen LogP contribution in [0.1, 0.15) is 65.2 Å². The van der Waals surface area contributed by atoms with Crippen LogP contribution < -0.4 is 10.6 Å². The van der Waals surface area contributed by atoms with Crippen molar-refractivity contribution in [1.82, 2.24) is 10.6 Å². The van der Waals surface area contributed by atoms with E-state index < -0.39 is 0 Å². The molecule has 2 aliphatic carbocycles. The Morgan fingerprint density at radius 3 is 2.62 bits per heavy atom. The highest BCUT2D eigenvalue weighted by molar-refractivity contribution is 5.83. The zero-order valence-electron chi connectivity index (χ0n) is 13.8. The second-order valence-corrected chi connectivity index (χ2v) is 7.88. The maximum atomic E-state index is 12.9. The molecule has 1 saturated heterocycles. The SMILES string of the molecule is CCCC1(C(=O)NC(C)C2CC3CCC2C3)CCNCC1. The molecule has 0 spiro atoms. The van der Waals surface area contributed by atoms with Crippen molar-refractivity contribution in [1.29, 1.82) is 0 Å². The van der Waals surface area contributed by atoms with Crippen molar-refractivity contribution in [2.75, 3.05) is 13.1 Å². The van der Waals surface area contributed by atoms with Gasteiger partial charge in [0.15, 0.2) is 0 Å². The van der Waals surface area contributed by atoms with Crippen LogP contribution in [0.5, 0.6) is 0 Å². The van der Waals surface area contributed by atoms with Crippen LogP contribution in [0.4, 0.5) is 0 Å². The molecule has 3 nitrogen and oxygen atoms in total. The van der Waals surface area contributed by atoms with E-state index in [9.17, 15) is 4.79 Å². The number of hydrogen-bond donors (Lipinski definition) is 2. The van der Waals surface area contributed by atoms with Gasteiger partial charge in [-0.2, -0.15) is 0 Å². The normalized spacial score (nSPS) is 35.6. The fraction of sp³-hybridized carbons (Fsp3) is 0.944. The Balaban J connectivity index is 1.61. The van der Waals surface area contributed by atoms with E-state index in [0.717, 1.165) is 56.5 Å². The molecule has 0 aromatic rings. The van der Waals surface area contributed by atoms with Crippen LogP contribution in [0.3, 0.4) is 0 Å². The van der Waals surface area contributed by atoms with Gasteiger partial charge in [0.1, 0.15) is 0 Å². The van der Waals surface area contributed by atoms with Gasteiger partial charge in [0.25, 0.3) is 0 Å². The molecular weight excluding hydrogens is 260 g/mol. The van der Waals surface area contributed by atoms with Crippen LogP contribution in [0.25, 0.3) is 0 Å². The minimum absolute atomic E-state index is 0.0914. The summed E-state index contributed by atoms with van der Waals surface area (Å²) in [4.78, 5) is 12.9. The Morgan fingerprint density at radius 2 is 2.05 bits per heavy atom. The lowest BCUT2D eigenvalue weighted by molar-refractivity contribution is -0.134. The molecule has 1 amide bonds. The molecule has 2 N–H and O–H groups in total. The maximum absolute atomic E-state index is 12.9. The highest BCUT2D eigenvalue weighted by Gasteiger charge is 2.44. The van der Waals surface area contributed by atoms with E-state index in [1.54, 1.807) is 0 Å². The fourth-order valence-corrected chi connectivity index (χ4v) is 5.35. The Morgan fingerprint density at radius 1 is 1.29 bits per heavy atom. The zero-order chi connectivity index (χ0) is 14.9. The maximum Gasteiger partial charge on any atom is 0.226 e. The largest absolute Gasteiger partial charge is 0.353 e. The molecule has 3 heteroatoms. The molecule has 21 heavy (non-hydrogen) atoms. The van der Waals surface area contributed by atoms with Gasteiger partial charge in [0, 0.05) is 6.04 Å². The minimum atomic E-state index is -0.0914. The molecule has 1 aliphatic heterocycles. The van der Waals surface area contributed by atoms with Gasteiger partial charge in [-0.1, -0.05) is 19.8 Å².